The Balaban J connectivity index is 2.20. The first-order valence-electron chi connectivity index (χ1n) is 6.26. The smallest absolute Gasteiger partial charge is 0.242 e. The Morgan fingerprint density at radius 2 is 2.10 bits per heavy atom. The zero-order chi connectivity index (χ0) is 15.5. The standard InChI is InChI=1S/C13H16BrN3O2S2/c1-9-16-7-11(20-9)8-17-21(18,19)13-5-10(6-15-2)3-4-12(13)14/h3-5,7,15,17H,6,8H2,1-2H3. The van der Waals surface area contributed by atoms with E-state index in [9.17, 15) is 8.42 Å². The van der Waals surface area contributed by atoms with E-state index < -0.39 is 10.0 Å². The van der Waals surface area contributed by atoms with Crippen LogP contribution in [0.3, 0.4) is 0 Å². The van der Waals surface area contributed by atoms with Crippen molar-refractivity contribution >= 4 is 37.3 Å². The van der Waals surface area contributed by atoms with Crippen molar-refractivity contribution in [3.05, 3.63) is 44.3 Å². The van der Waals surface area contributed by atoms with Gasteiger partial charge in [0.1, 0.15) is 0 Å². The van der Waals surface area contributed by atoms with Crippen molar-refractivity contribution in [2.45, 2.75) is 24.9 Å². The maximum Gasteiger partial charge on any atom is 0.242 e. The maximum atomic E-state index is 12.4. The molecule has 2 N–H and O–H groups in total. The second kappa shape index (κ2) is 6.97. The first kappa shape index (κ1) is 16.6. The van der Waals surface area contributed by atoms with E-state index in [1.54, 1.807) is 18.3 Å². The van der Waals surface area contributed by atoms with Crippen LogP contribution >= 0.6 is 27.3 Å². The molecule has 0 aliphatic heterocycles. The lowest BCUT2D eigenvalue weighted by Crippen LogP contribution is -2.23. The predicted octanol–water partition coefficient (Wildman–Crippen LogP) is 2.41. The monoisotopic (exact) mass is 389 g/mol. The maximum absolute atomic E-state index is 12.4. The summed E-state index contributed by atoms with van der Waals surface area (Å²) < 4.78 is 28.0. The number of benzene rings is 1. The normalized spacial score (nSPS) is 11.8. The molecule has 0 atom stereocenters. The topological polar surface area (TPSA) is 71.1 Å². The molecule has 0 fully saturated rings. The van der Waals surface area contributed by atoms with Crippen LogP contribution < -0.4 is 10.0 Å². The molecule has 1 aromatic heterocycles. The summed E-state index contributed by atoms with van der Waals surface area (Å²) >= 11 is 4.78. The summed E-state index contributed by atoms with van der Waals surface area (Å²) in [6.07, 6.45) is 1.69. The zero-order valence-corrected chi connectivity index (χ0v) is 14.9. The van der Waals surface area contributed by atoms with Crippen molar-refractivity contribution in [1.29, 1.82) is 0 Å². The number of thiazole rings is 1. The fourth-order valence-corrected chi connectivity index (χ4v) is 4.64. The summed E-state index contributed by atoms with van der Waals surface area (Å²) in [6.45, 7) is 2.75. The average Bonchev–Trinajstić information content (AvgIpc) is 2.85. The van der Waals surface area contributed by atoms with Gasteiger partial charge in [-0.1, -0.05) is 6.07 Å². The third kappa shape index (κ3) is 4.33. The largest absolute Gasteiger partial charge is 0.316 e. The molecule has 0 unspecified atom stereocenters. The lowest BCUT2D eigenvalue weighted by atomic mass is 10.2. The number of hydrogen-bond acceptors (Lipinski definition) is 5. The summed E-state index contributed by atoms with van der Waals surface area (Å²) in [4.78, 5) is 5.25. The van der Waals surface area contributed by atoms with E-state index in [1.807, 2.05) is 20.0 Å². The molecule has 21 heavy (non-hydrogen) atoms. The van der Waals surface area contributed by atoms with E-state index in [0.717, 1.165) is 15.4 Å². The minimum atomic E-state index is -3.57. The van der Waals surface area contributed by atoms with E-state index in [4.69, 9.17) is 0 Å². The molecule has 5 nitrogen and oxygen atoms in total. The van der Waals surface area contributed by atoms with Crippen LogP contribution in [-0.2, 0) is 23.1 Å². The molecular weight excluding hydrogens is 374 g/mol. The lowest BCUT2D eigenvalue weighted by Gasteiger charge is -2.09. The number of halogens is 1. The van der Waals surface area contributed by atoms with Crippen LogP contribution in [0.5, 0.6) is 0 Å². The summed E-state index contributed by atoms with van der Waals surface area (Å²) in [5, 5.41) is 3.92. The van der Waals surface area contributed by atoms with Gasteiger partial charge in [0.2, 0.25) is 10.0 Å². The van der Waals surface area contributed by atoms with E-state index in [-0.39, 0.29) is 11.4 Å². The van der Waals surface area contributed by atoms with Gasteiger partial charge in [0.15, 0.2) is 0 Å². The van der Waals surface area contributed by atoms with Gasteiger partial charge < -0.3 is 5.32 Å². The molecule has 0 radical (unpaired) electrons. The molecule has 0 aliphatic rings. The van der Waals surface area contributed by atoms with Crippen molar-refractivity contribution in [2.75, 3.05) is 7.05 Å². The Morgan fingerprint density at radius 1 is 1.33 bits per heavy atom. The van der Waals surface area contributed by atoms with Crippen LogP contribution in [-0.4, -0.2) is 20.4 Å². The summed E-state index contributed by atoms with van der Waals surface area (Å²) in [5.41, 5.74) is 0.912. The quantitative estimate of drug-likeness (QED) is 0.795. The van der Waals surface area contributed by atoms with Crippen LogP contribution in [0, 0.1) is 6.92 Å². The van der Waals surface area contributed by atoms with Crippen LogP contribution in [0.1, 0.15) is 15.4 Å². The van der Waals surface area contributed by atoms with Gasteiger partial charge in [-0.25, -0.2) is 18.1 Å². The molecule has 0 amide bonds. The van der Waals surface area contributed by atoms with E-state index in [0.29, 0.717) is 11.0 Å². The van der Waals surface area contributed by atoms with Crippen molar-refractivity contribution in [3.8, 4) is 0 Å². The minimum absolute atomic E-state index is 0.247. The average molecular weight is 390 g/mol. The summed E-state index contributed by atoms with van der Waals surface area (Å²) in [6, 6.07) is 5.30. The Hall–Kier alpha value is -0.800. The number of rotatable bonds is 6. The predicted molar refractivity (Wildman–Crippen MR) is 87.8 cm³/mol. The van der Waals surface area contributed by atoms with E-state index in [2.05, 4.69) is 31.0 Å². The molecule has 0 aliphatic carbocycles. The number of sulfonamides is 1. The van der Waals surface area contributed by atoms with Gasteiger partial charge in [-0.2, -0.15) is 0 Å². The van der Waals surface area contributed by atoms with E-state index >= 15 is 0 Å². The minimum Gasteiger partial charge on any atom is -0.316 e. The highest BCUT2D eigenvalue weighted by molar-refractivity contribution is 9.10. The lowest BCUT2D eigenvalue weighted by molar-refractivity contribution is 0.581. The number of nitrogens with zero attached hydrogens (tertiary/aromatic N) is 1. The summed E-state index contributed by atoms with van der Waals surface area (Å²) in [5.74, 6) is 0. The SMILES string of the molecule is CNCc1ccc(Br)c(S(=O)(=O)NCc2cnc(C)s2)c1. The third-order valence-electron chi connectivity index (χ3n) is 2.77. The highest BCUT2D eigenvalue weighted by Gasteiger charge is 2.18. The third-order valence-corrected chi connectivity index (χ3v) is 6.08. The highest BCUT2D eigenvalue weighted by atomic mass is 79.9. The Labute approximate surface area is 137 Å². The fourth-order valence-electron chi connectivity index (χ4n) is 1.80. The Kier molecular flexibility index (Phi) is 5.50. The molecule has 2 rings (SSSR count). The first-order chi connectivity index (χ1) is 9.92. The number of nitrogens with one attached hydrogen (secondary N) is 2. The Morgan fingerprint density at radius 3 is 2.71 bits per heavy atom. The molecule has 2 aromatic rings. The van der Waals surface area contributed by atoms with Gasteiger partial charge in [0.25, 0.3) is 0 Å². The fraction of sp³-hybridized carbons (Fsp3) is 0.308. The molecule has 1 aromatic carbocycles. The molecule has 0 spiro atoms. The molecule has 1 heterocycles. The van der Waals surface area contributed by atoms with Gasteiger partial charge >= 0.3 is 0 Å². The number of hydrogen-bond donors (Lipinski definition) is 2. The van der Waals surface area contributed by atoms with E-state index in [1.165, 1.54) is 11.3 Å². The van der Waals surface area contributed by atoms with Crippen molar-refractivity contribution in [1.82, 2.24) is 15.0 Å². The molecule has 114 valence electrons. The number of aryl methyl sites for hydroxylation is 1. The van der Waals surface area contributed by atoms with Crippen molar-refractivity contribution < 1.29 is 8.42 Å². The second-order valence-electron chi connectivity index (χ2n) is 4.47. The van der Waals surface area contributed by atoms with Crippen LogP contribution in [0.15, 0.2) is 33.8 Å². The van der Waals surface area contributed by atoms with Gasteiger partial charge in [-0.05, 0) is 47.6 Å². The number of aromatic nitrogens is 1. The van der Waals surface area contributed by atoms with Crippen LogP contribution in [0.4, 0.5) is 0 Å². The molecule has 0 bridgehead atoms. The molecule has 0 saturated carbocycles. The second-order valence-corrected chi connectivity index (χ2v) is 8.37. The molecule has 8 heteroatoms. The highest BCUT2D eigenvalue weighted by Crippen LogP contribution is 2.23. The van der Waals surface area contributed by atoms with Crippen molar-refractivity contribution in [3.63, 3.8) is 0 Å². The van der Waals surface area contributed by atoms with Crippen molar-refractivity contribution in [2.24, 2.45) is 0 Å². The van der Waals surface area contributed by atoms with Gasteiger partial charge in [0.05, 0.1) is 9.90 Å². The summed E-state index contributed by atoms with van der Waals surface area (Å²) in [7, 11) is -1.75. The van der Waals surface area contributed by atoms with Crippen LogP contribution in [0.2, 0.25) is 0 Å². The van der Waals surface area contributed by atoms with Crippen LogP contribution in [0.25, 0.3) is 0 Å². The van der Waals surface area contributed by atoms with Gasteiger partial charge in [-0.15, -0.1) is 11.3 Å². The Bertz CT molecular complexity index is 729. The first-order valence-corrected chi connectivity index (χ1v) is 9.35. The van der Waals surface area contributed by atoms with Gasteiger partial charge in [-0.3, -0.25) is 0 Å². The molecular formula is C13H16BrN3O2S2. The molecule has 0 saturated heterocycles. The van der Waals surface area contributed by atoms with Gasteiger partial charge in [0, 0.05) is 28.6 Å². The zero-order valence-electron chi connectivity index (χ0n) is 11.7.